The lowest BCUT2D eigenvalue weighted by Gasteiger charge is -2.27. The quantitative estimate of drug-likeness (QED) is 0.0928. The normalized spacial score (nSPS) is 10.3. The van der Waals surface area contributed by atoms with Crippen molar-refractivity contribution in [3.63, 3.8) is 0 Å². The minimum Gasteiger partial charge on any atom is -0.497 e. The summed E-state index contributed by atoms with van der Waals surface area (Å²) < 4.78 is 30.9. The van der Waals surface area contributed by atoms with Crippen LogP contribution in [-0.2, 0) is 25.2 Å². The predicted molar refractivity (Wildman–Crippen MR) is 268 cm³/mol. The van der Waals surface area contributed by atoms with Crippen molar-refractivity contribution < 1.29 is 42.8 Å². The molecule has 9 heteroatoms. The van der Waals surface area contributed by atoms with E-state index >= 15 is 0 Å². The molecule has 9 nitrogen and oxygen atoms in total. The third-order valence-corrected chi connectivity index (χ3v) is 10.5. The second-order valence-corrected chi connectivity index (χ2v) is 15.7. The van der Waals surface area contributed by atoms with Gasteiger partial charge in [-0.1, -0.05) is 128 Å². The molecule has 0 spiro atoms. The molecule has 0 N–H and O–H groups in total. The van der Waals surface area contributed by atoms with E-state index in [1.807, 2.05) is 133 Å². The van der Waals surface area contributed by atoms with Crippen LogP contribution in [0, 0.1) is 13.8 Å². The van der Waals surface area contributed by atoms with Crippen LogP contribution in [0.15, 0.2) is 133 Å². The van der Waals surface area contributed by atoms with E-state index in [4.69, 9.17) is 28.4 Å². The Hall–Kier alpha value is -6.87. The van der Waals surface area contributed by atoms with Gasteiger partial charge in [-0.3, -0.25) is 14.4 Å². The third-order valence-electron chi connectivity index (χ3n) is 10.5. The summed E-state index contributed by atoms with van der Waals surface area (Å²) in [5.74, 6) is 3.38. The zero-order chi connectivity index (χ0) is 49.6. The number of hydrogen-bond acceptors (Lipinski definition) is 9. The maximum absolute atomic E-state index is 11.1. The fraction of sp³-hybridized carbons (Fsp3) is 0.316. The summed E-state index contributed by atoms with van der Waals surface area (Å²) >= 11 is 0. The van der Waals surface area contributed by atoms with Crippen LogP contribution in [0.25, 0.3) is 11.1 Å². The molecule has 66 heavy (non-hydrogen) atoms. The molecule has 6 aromatic carbocycles. The highest BCUT2D eigenvalue weighted by Crippen LogP contribution is 2.36. The Morgan fingerprint density at radius 1 is 0.364 bits per heavy atom. The second-order valence-electron chi connectivity index (χ2n) is 15.7. The molecular formula is C57H70O9. The Bertz CT molecular complexity index is 2410. The number of benzene rings is 6. The number of methoxy groups -OCH3 is 3. The predicted octanol–water partition coefficient (Wildman–Crippen LogP) is 13.8. The van der Waals surface area contributed by atoms with Crippen molar-refractivity contribution in [3.8, 4) is 45.6 Å². The van der Waals surface area contributed by atoms with Crippen molar-refractivity contribution in [2.45, 2.75) is 101 Å². The third kappa shape index (κ3) is 16.3. The zero-order valence-electron chi connectivity index (χ0n) is 41.9. The van der Waals surface area contributed by atoms with Crippen LogP contribution in [0.4, 0.5) is 0 Å². The number of rotatable bonds is 11. The molecule has 352 valence electrons. The van der Waals surface area contributed by atoms with Gasteiger partial charge in [0.25, 0.3) is 0 Å². The van der Waals surface area contributed by atoms with Gasteiger partial charge in [-0.2, -0.15) is 0 Å². The van der Waals surface area contributed by atoms with E-state index in [2.05, 4.69) is 58.0 Å². The van der Waals surface area contributed by atoms with E-state index in [9.17, 15) is 14.4 Å². The Morgan fingerprint density at radius 3 is 0.970 bits per heavy atom. The largest absolute Gasteiger partial charge is 0.497 e. The molecule has 0 aliphatic heterocycles. The second kappa shape index (κ2) is 26.8. The molecule has 0 heterocycles. The van der Waals surface area contributed by atoms with Crippen LogP contribution in [0.3, 0.4) is 0 Å². The Morgan fingerprint density at radius 2 is 0.652 bits per heavy atom. The van der Waals surface area contributed by atoms with E-state index in [-0.39, 0.29) is 28.7 Å². The van der Waals surface area contributed by atoms with E-state index in [1.165, 1.54) is 37.5 Å². The summed E-state index contributed by atoms with van der Waals surface area (Å²) in [4.78, 5) is 32.9. The lowest BCUT2D eigenvalue weighted by atomic mass is 9.77. The first-order valence-corrected chi connectivity index (χ1v) is 22.2. The van der Waals surface area contributed by atoms with E-state index in [1.54, 1.807) is 33.5 Å². The van der Waals surface area contributed by atoms with E-state index in [0.29, 0.717) is 17.2 Å². The van der Waals surface area contributed by atoms with Gasteiger partial charge in [-0.25, -0.2) is 0 Å². The van der Waals surface area contributed by atoms with Crippen LogP contribution in [0.2, 0.25) is 0 Å². The van der Waals surface area contributed by atoms with Gasteiger partial charge in [0.15, 0.2) is 0 Å². The zero-order valence-corrected chi connectivity index (χ0v) is 41.9. The SMILES string of the molecule is CC.CC.COc1ccc(-c2ccc(OC(C)=O)cc2)cc1.COc1ccc(C(C)(C)c2ccc(OC(C)=O)c(C)c2)cc1C.COc1ccc(C(C)(C)c2ccc(OC(C)=O)cc2)cc1. The summed E-state index contributed by atoms with van der Waals surface area (Å²) in [6.07, 6.45) is 0. The Balaban J connectivity index is 0.000000329. The molecule has 0 radical (unpaired) electrons. The van der Waals surface area contributed by atoms with E-state index in [0.717, 1.165) is 45.1 Å². The molecule has 0 amide bonds. The highest BCUT2D eigenvalue weighted by atomic mass is 16.5. The maximum atomic E-state index is 11.1. The van der Waals surface area contributed by atoms with Crippen molar-refractivity contribution in [1.82, 2.24) is 0 Å². The number of carbonyl (C=O) groups is 3. The monoisotopic (exact) mass is 899 g/mol. The van der Waals surface area contributed by atoms with Crippen molar-refractivity contribution in [1.29, 1.82) is 0 Å². The average Bonchev–Trinajstić information content (AvgIpc) is 3.31. The molecule has 0 aliphatic carbocycles. The molecule has 0 saturated carbocycles. The maximum Gasteiger partial charge on any atom is 0.308 e. The number of ether oxygens (including phenoxy) is 6. The molecule has 0 saturated heterocycles. The highest BCUT2D eigenvalue weighted by Gasteiger charge is 2.25. The van der Waals surface area contributed by atoms with Gasteiger partial charge in [-0.05, 0) is 119 Å². The number of hydrogen-bond donors (Lipinski definition) is 0. The smallest absolute Gasteiger partial charge is 0.308 e. The number of esters is 3. The fourth-order valence-electron chi connectivity index (χ4n) is 6.69. The van der Waals surface area contributed by atoms with Crippen LogP contribution in [0.5, 0.6) is 34.5 Å². The standard InChI is InChI=1S/C20H24O3.C18H20O3.C15H14O3.2C2H6/c1-13-11-16(7-9-18(13)22-6)20(4,5)17-8-10-19(14(2)12-17)23-15(3)21;1-13(19)21-17-11-7-15(8-12-17)18(2,3)14-5-9-16(20-4)10-6-14;1-11(16)18-15-9-5-13(6-10-15)12-3-7-14(17-2)8-4-12;2*1-2/h7-12H,1-6H3;5-12H,1-4H3;3-10H,1-2H3;2*1-2H3. The lowest BCUT2D eigenvalue weighted by Crippen LogP contribution is -2.19. The summed E-state index contributed by atoms with van der Waals surface area (Å²) in [5.41, 5.74) is 8.68. The molecule has 0 bridgehead atoms. The van der Waals surface area contributed by atoms with Crippen LogP contribution in [0.1, 0.15) is 110 Å². The van der Waals surface area contributed by atoms with Gasteiger partial charge < -0.3 is 28.4 Å². The molecule has 6 rings (SSSR count). The topological polar surface area (TPSA) is 107 Å². The van der Waals surface area contributed by atoms with Gasteiger partial charge in [-0.15, -0.1) is 0 Å². The highest BCUT2D eigenvalue weighted by molar-refractivity contribution is 5.71. The molecule has 6 aromatic rings. The molecule has 0 aliphatic rings. The van der Waals surface area contributed by atoms with Crippen LogP contribution >= 0.6 is 0 Å². The molecule has 0 aromatic heterocycles. The summed E-state index contributed by atoms with van der Waals surface area (Å²) in [6, 6.07) is 43.1. The Labute approximate surface area is 394 Å². The lowest BCUT2D eigenvalue weighted by molar-refractivity contribution is -0.132. The van der Waals surface area contributed by atoms with Gasteiger partial charge in [0.1, 0.15) is 34.5 Å². The van der Waals surface area contributed by atoms with Crippen molar-refractivity contribution >= 4 is 17.9 Å². The molecular weight excluding hydrogens is 829 g/mol. The van der Waals surface area contributed by atoms with Crippen molar-refractivity contribution in [2.24, 2.45) is 0 Å². The first-order valence-electron chi connectivity index (χ1n) is 22.2. The van der Waals surface area contributed by atoms with Crippen LogP contribution < -0.4 is 28.4 Å². The van der Waals surface area contributed by atoms with E-state index < -0.39 is 0 Å². The first-order chi connectivity index (χ1) is 31.4. The number of carbonyl (C=O) groups excluding carboxylic acids is 3. The average molecular weight is 899 g/mol. The fourth-order valence-corrected chi connectivity index (χ4v) is 6.69. The van der Waals surface area contributed by atoms with Crippen LogP contribution in [-0.4, -0.2) is 39.2 Å². The van der Waals surface area contributed by atoms with Crippen molar-refractivity contribution in [3.05, 3.63) is 167 Å². The first kappa shape index (κ1) is 55.3. The van der Waals surface area contributed by atoms with Gasteiger partial charge in [0.05, 0.1) is 21.3 Å². The molecule has 0 unspecified atom stereocenters. The van der Waals surface area contributed by atoms with Gasteiger partial charge >= 0.3 is 17.9 Å². The number of aryl methyl sites for hydroxylation is 2. The summed E-state index contributed by atoms with van der Waals surface area (Å²) in [6.45, 7) is 24.9. The summed E-state index contributed by atoms with van der Waals surface area (Å²) in [5, 5.41) is 0. The Kier molecular flexibility index (Phi) is 22.4. The minimum atomic E-state index is -0.313. The van der Waals surface area contributed by atoms with Gasteiger partial charge in [0.2, 0.25) is 0 Å². The summed E-state index contributed by atoms with van der Waals surface area (Å²) in [7, 11) is 4.99. The van der Waals surface area contributed by atoms with Gasteiger partial charge in [0, 0.05) is 31.6 Å². The minimum absolute atomic E-state index is 0.138. The van der Waals surface area contributed by atoms with Crippen molar-refractivity contribution in [2.75, 3.05) is 21.3 Å². The molecule has 0 atom stereocenters. The molecule has 0 fully saturated rings.